The third-order valence-corrected chi connectivity index (χ3v) is 3.91. The Bertz CT molecular complexity index is 477. The van der Waals surface area contributed by atoms with E-state index in [4.69, 9.17) is 9.47 Å². The standard InChI is InChI=1S/C14H16O4/c15-13(16)14(4-1-5-14)9-10-2-3-11-12(8-10)18-7-6-17-11/h2-3,8H,1,4-7,9H2,(H,15,16). The van der Waals surface area contributed by atoms with Crippen LogP contribution >= 0.6 is 0 Å². The van der Waals surface area contributed by atoms with Crippen LogP contribution in [0.25, 0.3) is 0 Å². The molecule has 1 N–H and O–H groups in total. The van der Waals surface area contributed by atoms with Crippen LogP contribution in [0.5, 0.6) is 11.5 Å². The van der Waals surface area contributed by atoms with Crippen molar-refractivity contribution in [1.29, 1.82) is 0 Å². The van der Waals surface area contributed by atoms with Gasteiger partial charge in [0.25, 0.3) is 0 Å². The molecular weight excluding hydrogens is 232 g/mol. The molecular formula is C14H16O4. The van der Waals surface area contributed by atoms with Crippen LogP contribution in [0.1, 0.15) is 24.8 Å². The maximum absolute atomic E-state index is 11.3. The van der Waals surface area contributed by atoms with E-state index in [1.54, 1.807) is 0 Å². The van der Waals surface area contributed by atoms with E-state index in [1.807, 2.05) is 18.2 Å². The lowest BCUT2D eigenvalue weighted by atomic mass is 9.65. The molecule has 0 amide bonds. The number of carbonyl (C=O) groups is 1. The maximum Gasteiger partial charge on any atom is 0.309 e. The largest absolute Gasteiger partial charge is 0.486 e. The molecule has 0 aromatic heterocycles. The minimum Gasteiger partial charge on any atom is -0.486 e. The summed E-state index contributed by atoms with van der Waals surface area (Å²) in [7, 11) is 0. The van der Waals surface area contributed by atoms with Crippen molar-refractivity contribution in [3.63, 3.8) is 0 Å². The van der Waals surface area contributed by atoms with Crippen LogP contribution in [0.15, 0.2) is 18.2 Å². The Morgan fingerprint density at radius 1 is 1.22 bits per heavy atom. The first-order valence-corrected chi connectivity index (χ1v) is 6.32. The van der Waals surface area contributed by atoms with Crippen molar-refractivity contribution >= 4 is 5.97 Å². The van der Waals surface area contributed by atoms with Crippen molar-refractivity contribution < 1.29 is 19.4 Å². The van der Waals surface area contributed by atoms with Gasteiger partial charge in [-0.3, -0.25) is 4.79 Å². The average Bonchev–Trinajstić information content (AvgIpc) is 2.33. The van der Waals surface area contributed by atoms with E-state index in [0.29, 0.717) is 19.6 Å². The molecule has 0 radical (unpaired) electrons. The van der Waals surface area contributed by atoms with Gasteiger partial charge in [-0.25, -0.2) is 0 Å². The van der Waals surface area contributed by atoms with Gasteiger partial charge in [0, 0.05) is 0 Å². The first-order chi connectivity index (χ1) is 8.70. The Morgan fingerprint density at radius 2 is 1.94 bits per heavy atom. The van der Waals surface area contributed by atoms with E-state index in [0.717, 1.165) is 36.3 Å². The Morgan fingerprint density at radius 3 is 2.56 bits per heavy atom. The number of aliphatic carboxylic acids is 1. The van der Waals surface area contributed by atoms with Crippen molar-refractivity contribution in [3.8, 4) is 11.5 Å². The Balaban J connectivity index is 1.82. The molecule has 1 heterocycles. The normalized spacial score (nSPS) is 20.0. The van der Waals surface area contributed by atoms with Crippen LogP contribution in [0.4, 0.5) is 0 Å². The van der Waals surface area contributed by atoms with Gasteiger partial charge in [-0.2, -0.15) is 0 Å². The molecule has 0 saturated heterocycles. The number of carboxylic acids is 1. The van der Waals surface area contributed by atoms with Crippen LogP contribution in [-0.2, 0) is 11.2 Å². The van der Waals surface area contributed by atoms with Gasteiger partial charge in [0.1, 0.15) is 13.2 Å². The summed E-state index contributed by atoms with van der Waals surface area (Å²) in [4.78, 5) is 11.3. The predicted octanol–water partition coefficient (Wildman–Crippen LogP) is 2.26. The highest BCUT2D eigenvalue weighted by Crippen LogP contribution is 2.44. The molecule has 0 unspecified atom stereocenters. The number of fused-ring (bicyclic) bond motifs is 1. The molecule has 2 aliphatic rings. The second-order valence-electron chi connectivity index (χ2n) is 5.09. The van der Waals surface area contributed by atoms with E-state index in [9.17, 15) is 9.90 Å². The molecule has 1 aliphatic heterocycles. The zero-order valence-corrected chi connectivity index (χ0v) is 10.1. The van der Waals surface area contributed by atoms with E-state index in [1.165, 1.54) is 0 Å². The van der Waals surface area contributed by atoms with Gasteiger partial charge in [0.15, 0.2) is 11.5 Å². The molecule has 0 spiro atoms. The summed E-state index contributed by atoms with van der Waals surface area (Å²) in [6, 6.07) is 5.73. The van der Waals surface area contributed by atoms with E-state index in [2.05, 4.69) is 0 Å². The summed E-state index contributed by atoms with van der Waals surface area (Å²) < 4.78 is 11.0. The van der Waals surface area contributed by atoms with Crippen molar-refractivity contribution in [3.05, 3.63) is 23.8 Å². The third kappa shape index (κ3) is 1.82. The van der Waals surface area contributed by atoms with E-state index in [-0.39, 0.29) is 0 Å². The van der Waals surface area contributed by atoms with Gasteiger partial charge < -0.3 is 14.6 Å². The first-order valence-electron chi connectivity index (χ1n) is 6.32. The van der Waals surface area contributed by atoms with Gasteiger partial charge in [-0.1, -0.05) is 12.5 Å². The van der Waals surface area contributed by atoms with Crippen LogP contribution in [0.3, 0.4) is 0 Å². The van der Waals surface area contributed by atoms with Crippen molar-refractivity contribution in [2.75, 3.05) is 13.2 Å². The Kier molecular flexibility index (Phi) is 2.65. The van der Waals surface area contributed by atoms with Gasteiger partial charge in [0.2, 0.25) is 0 Å². The summed E-state index contributed by atoms with van der Waals surface area (Å²) in [5.74, 6) is 0.810. The van der Waals surface area contributed by atoms with Crippen molar-refractivity contribution in [2.45, 2.75) is 25.7 Å². The smallest absolute Gasteiger partial charge is 0.309 e. The molecule has 1 saturated carbocycles. The summed E-state index contributed by atoms with van der Waals surface area (Å²) in [5.41, 5.74) is 0.463. The van der Waals surface area contributed by atoms with Gasteiger partial charge >= 0.3 is 5.97 Å². The van der Waals surface area contributed by atoms with E-state index >= 15 is 0 Å². The third-order valence-electron chi connectivity index (χ3n) is 3.91. The van der Waals surface area contributed by atoms with Crippen LogP contribution in [0, 0.1) is 5.41 Å². The molecule has 0 atom stereocenters. The molecule has 18 heavy (non-hydrogen) atoms. The highest BCUT2D eigenvalue weighted by Gasteiger charge is 2.44. The number of rotatable bonds is 3. The molecule has 96 valence electrons. The summed E-state index contributed by atoms with van der Waals surface area (Å²) in [5, 5.41) is 9.33. The first kappa shape index (κ1) is 11.4. The lowest BCUT2D eigenvalue weighted by Gasteiger charge is -2.37. The number of hydrogen-bond acceptors (Lipinski definition) is 3. The number of benzene rings is 1. The lowest BCUT2D eigenvalue weighted by molar-refractivity contribution is -0.154. The van der Waals surface area contributed by atoms with Gasteiger partial charge in [0.05, 0.1) is 5.41 Å². The molecule has 4 nitrogen and oxygen atoms in total. The number of carboxylic acid groups (broad SMARTS) is 1. The molecule has 4 heteroatoms. The molecule has 3 rings (SSSR count). The fraction of sp³-hybridized carbons (Fsp3) is 0.500. The minimum atomic E-state index is -0.677. The zero-order chi connectivity index (χ0) is 12.6. The second kappa shape index (κ2) is 4.19. The summed E-state index contributed by atoms with van der Waals surface area (Å²) in [6.45, 7) is 1.13. The van der Waals surface area contributed by atoms with Crippen molar-refractivity contribution in [2.24, 2.45) is 5.41 Å². The molecule has 1 aliphatic carbocycles. The topological polar surface area (TPSA) is 55.8 Å². The quantitative estimate of drug-likeness (QED) is 0.891. The zero-order valence-electron chi connectivity index (χ0n) is 10.1. The van der Waals surface area contributed by atoms with Crippen LogP contribution in [-0.4, -0.2) is 24.3 Å². The monoisotopic (exact) mass is 248 g/mol. The van der Waals surface area contributed by atoms with E-state index < -0.39 is 11.4 Å². The lowest BCUT2D eigenvalue weighted by Crippen LogP contribution is -2.39. The second-order valence-corrected chi connectivity index (χ2v) is 5.09. The highest BCUT2D eigenvalue weighted by molar-refractivity contribution is 5.76. The predicted molar refractivity (Wildman–Crippen MR) is 65.1 cm³/mol. The minimum absolute atomic E-state index is 0.552. The van der Waals surface area contributed by atoms with Gasteiger partial charge in [-0.15, -0.1) is 0 Å². The van der Waals surface area contributed by atoms with Crippen molar-refractivity contribution in [1.82, 2.24) is 0 Å². The van der Waals surface area contributed by atoms with Crippen LogP contribution in [0.2, 0.25) is 0 Å². The molecule has 1 aromatic carbocycles. The summed E-state index contributed by atoms with van der Waals surface area (Å²) in [6.07, 6.45) is 3.14. The number of hydrogen-bond donors (Lipinski definition) is 1. The summed E-state index contributed by atoms with van der Waals surface area (Å²) >= 11 is 0. The Labute approximate surface area is 106 Å². The molecule has 1 aromatic rings. The number of ether oxygens (including phenoxy) is 2. The Hall–Kier alpha value is -1.71. The fourth-order valence-electron chi connectivity index (χ4n) is 2.66. The fourth-order valence-corrected chi connectivity index (χ4v) is 2.66. The SMILES string of the molecule is O=C(O)C1(Cc2ccc3c(c2)OCCO3)CCC1. The highest BCUT2D eigenvalue weighted by atomic mass is 16.6. The van der Waals surface area contributed by atoms with Gasteiger partial charge in [-0.05, 0) is 37.0 Å². The van der Waals surface area contributed by atoms with Crippen LogP contribution < -0.4 is 9.47 Å². The molecule has 0 bridgehead atoms. The average molecular weight is 248 g/mol. The molecule has 1 fully saturated rings. The maximum atomic E-state index is 11.3.